The van der Waals surface area contributed by atoms with Crippen LogP contribution in [-0.2, 0) is 0 Å². The number of nitrogens with zero attached hydrogens (tertiary/aromatic N) is 4. The number of hydrogen-bond donors (Lipinski definition) is 0. The summed E-state index contributed by atoms with van der Waals surface area (Å²) in [7, 11) is 0. The number of aryl methyl sites for hydroxylation is 3. The second-order valence-corrected chi connectivity index (χ2v) is 15.4. The Labute approximate surface area is 362 Å². The van der Waals surface area contributed by atoms with Crippen LogP contribution >= 0.6 is 0 Å². The summed E-state index contributed by atoms with van der Waals surface area (Å²) in [4.78, 5) is 9.29. The fraction of sp³-hybridized carbons (Fsp3) is 0.0877. The highest BCUT2D eigenvalue weighted by Gasteiger charge is 2.19. The van der Waals surface area contributed by atoms with E-state index in [0.717, 1.165) is 68.3 Å². The second kappa shape index (κ2) is 18.6. The summed E-state index contributed by atoms with van der Waals surface area (Å²) in [6, 6.07) is 73.9. The molecule has 0 saturated carbocycles. The third kappa shape index (κ3) is 9.20. The maximum Gasteiger partial charge on any atom is 0.0464 e. The second-order valence-electron chi connectivity index (χ2n) is 15.4. The minimum atomic E-state index is 1.06. The van der Waals surface area contributed by atoms with Gasteiger partial charge in [-0.25, -0.2) is 0 Å². The molecule has 4 nitrogen and oxygen atoms in total. The van der Waals surface area contributed by atoms with Crippen LogP contribution < -0.4 is 19.6 Å². The maximum absolute atomic E-state index is 2.34. The molecule has 0 N–H and O–H groups in total. The molecule has 0 unspecified atom stereocenters. The topological polar surface area (TPSA) is 13.0 Å². The van der Waals surface area contributed by atoms with E-state index in [1.165, 1.54) is 16.7 Å². The molecular formula is C57H52N4. The SMILES string of the molecule is C/C=C\C=C(/C)N(c1ccc(N(c2ccc(N(c3ccccc3)c3cccc(C)c3)cc2)c2ccc(N(c3ccccc3)c3cccc(C)c3)cc2)cc1)c1cccc(C)c1. The van der Waals surface area contributed by atoms with Gasteiger partial charge in [0.25, 0.3) is 0 Å². The van der Waals surface area contributed by atoms with Crippen LogP contribution in [0.5, 0.6) is 0 Å². The highest BCUT2D eigenvalue weighted by Crippen LogP contribution is 2.42. The minimum Gasteiger partial charge on any atom is -0.315 e. The van der Waals surface area contributed by atoms with E-state index in [9.17, 15) is 0 Å². The van der Waals surface area contributed by atoms with Gasteiger partial charge in [-0.15, -0.1) is 0 Å². The molecule has 0 fully saturated rings. The molecular weight excluding hydrogens is 741 g/mol. The van der Waals surface area contributed by atoms with Gasteiger partial charge >= 0.3 is 0 Å². The summed E-state index contributed by atoms with van der Waals surface area (Å²) >= 11 is 0. The summed E-state index contributed by atoms with van der Waals surface area (Å²) in [5.41, 5.74) is 16.8. The molecule has 0 bridgehead atoms. The first-order valence-electron chi connectivity index (χ1n) is 21.0. The van der Waals surface area contributed by atoms with Crippen molar-refractivity contribution >= 4 is 62.6 Å². The Morgan fingerprint density at radius 2 is 0.623 bits per heavy atom. The Kier molecular flexibility index (Phi) is 12.2. The molecule has 0 atom stereocenters. The molecule has 0 heterocycles. The molecule has 0 amide bonds. The highest BCUT2D eigenvalue weighted by molar-refractivity contribution is 5.84. The molecule has 0 spiro atoms. The van der Waals surface area contributed by atoms with Gasteiger partial charge in [0.1, 0.15) is 0 Å². The monoisotopic (exact) mass is 792 g/mol. The fourth-order valence-electron chi connectivity index (χ4n) is 7.92. The first kappa shape index (κ1) is 40.2. The Hall–Kier alpha value is -7.56. The number of rotatable bonds is 13. The van der Waals surface area contributed by atoms with E-state index in [4.69, 9.17) is 0 Å². The first-order chi connectivity index (χ1) is 29.9. The van der Waals surface area contributed by atoms with Crippen LogP contribution in [0, 0.1) is 20.8 Å². The Morgan fingerprint density at radius 3 is 0.984 bits per heavy atom. The molecule has 61 heavy (non-hydrogen) atoms. The molecule has 0 saturated heterocycles. The van der Waals surface area contributed by atoms with Crippen molar-refractivity contribution in [3.8, 4) is 0 Å². The van der Waals surface area contributed by atoms with E-state index in [1.807, 2.05) is 6.92 Å². The summed E-state index contributed by atoms with van der Waals surface area (Å²) in [6.07, 6.45) is 6.32. The summed E-state index contributed by atoms with van der Waals surface area (Å²) in [5, 5.41) is 0. The number of para-hydroxylation sites is 2. The Balaban J connectivity index is 1.22. The number of anilines is 11. The van der Waals surface area contributed by atoms with Gasteiger partial charge in [-0.3, -0.25) is 0 Å². The van der Waals surface area contributed by atoms with Crippen molar-refractivity contribution in [2.24, 2.45) is 0 Å². The number of allylic oxidation sites excluding steroid dienone is 4. The van der Waals surface area contributed by atoms with E-state index >= 15 is 0 Å². The average molecular weight is 793 g/mol. The van der Waals surface area contributed by atoms with Gasteiger partial charge < -0.3 is 19.6 Å². The van der Waals surface area contributed by atoms with Crippen LogP contribution in [0.15, 0.2) is 230 Å². The van der Waals surface area contributed by atoms with Gasteiger partial charge in [-0.1, -0.05) is 84.9 Å². The van der Waals surface area contributed by atoms with Crippen molar-refractivity contribution in [3.63, 3.8) is 0 Å². The Morgan fingerprint density at radius 1 is 0.328 bits per heavy atom. The van der Waals surface area contributed by atoms with E-state index in [1.54, 1.807) is 0 Å². The van der Waals surface area contributed by atoms with Crippen LogP contribution in [0.25, 0.3) is 0 Å². The van der Waals surface area contributed by atoms with Gasteiger partial charge in [-0.05, 0) is 191 Å². The molecule has 8 aromatic carbocycles. The van der Waals surface area contributed by atoms with Gasteiger partial charge in [0.2, 0.25) is 0 Å². The largest absolute Gasteiger partial charge is 0.315 e. The average Bonchev–Trinajstić information content (AvgIpc) is 3.28. The lowest BCUT2D eigenvalue weighted by Gasteiger charge is -2.30. The van der Waals surface area contributed by atoms with E-state index < -0.39 is 0 Å². The van der Waals surface area contributed by atoms with Crippen molar-refractivity contribution in [1.82, 2.24) is 0 Å². The standard InChI is InChI=1S/C57H52N4/c1-6-7-20-46(5)58(55-25-14-17-43(2)40-55)49-28-30-50(31-29-49)59(51-32-36-53(37-33-51)60(47-21-10-8-11-22-47)56-26-15-18-44(3)41-56)52-34-38-54(39-35-52)61(48-23-12-9-13-24-48)57-27-16-19-45(4)42-57/h6-42H,1-5H3/b7-6-,46-20+. The lowest BCUT2D eigenvalue weighted by Crippen LogP contribution is -2.15. The zero-order valence-corrected chi connectivity index (χ0v) is 35.7. The first-order valence-corrected chi connectivity index (χ1v) is 21.0. The van der Waals surface area contributed by atoms with E-state index in [-0.39, 0.29) is 0 Å². The van der Waals surface area contributed by atoms with Crippen molar-refractivity contribution in [3.05, 3.63) is 247 Å². The minimum absolute atomic E-state index is 1.06. The summed E-state index contributed by atoms with van der Waals surface area (Å²) in [6.45, 7) is 10.6. The van der Waals surface area contributed by atoms with Crippen LogP contribution in [0.2, 0.25) is 0 Å². The quantitative estimate of drug-likeness (QED) is 0.108. The van der Waals surface area contributed by atoms with Crippen molar-refractivity contribution in [2.45, 2.75) is 34.6 Å². The smallest absolute Gasteiger partial charge is 0.0464 e. The molecule has 8 rings (SSSR count). The molecule has 8 aromatic rings. The summed E-state index contributed by atoms with van der Waals surface area (Å²) < 4.78 is 0. The summed E-state index contributed by atoms with van der Waals surface area (Å²) in [5.74, 6) is 0. The molecule has 0 radical (unpaired) electrons. The molecule has 0 aromatic heterocycles. The highest BCUT2D eigenvalue weighted by atomic mass is 15.2. The predicted molar refractivity (Wildman–Crippen MR) is 262 cm³/mol. The normalized spacial score (nSPS) is 11.4. The van der Waals surface area contributed by atoms with E-state index in [0.29, 0.717) is 0 Å². The van der Waals surface area contributed by atoms with Crippen LogP contribution in [0.1, 0.15) is 30.5 Å². The van der Waals surface area contributed by atoms with E-state index in [2.05, 4.69) is 272 Å². The zero-order chi connectivity index (χ0) is 42.1. The third-order valence-corrected chi connectivity index (χ3v) is 10.8. The lowest BCUT2D eigenvalue weighted by atomic mass is 10.1. The van der Waals surface area contributed by atoms with Crippen LogP contribution in [0.4, 0.5) is 62.6 Å². The number of hydrogen-bond acceptors (Lipinski definition) is 4. The fourth-order valence-corrected chi connectivity index (χ4v) is 7.92. The maximum atomic E-state index is 2.34. The van der Waals surface area contributed by atoms with Crippen molar-refractivity contribution in [1.29, 1.82) is 0 Å². The van der Waals surface area contributed by atoms with Crippen molar-refractivity contribution in [2.75, 3.05) is 19.6 Å². The molecule has 4 heteroatoms. The zero-order valence-electron chi connectivity index (χ0n) is 35.7. The Bertz CT molecular complexity index is 2600. The number of benzene rings is 8. The molecule has 0 aliphatic rings. The lowest BCUT2D eigenvalue weighted by molar-refractivity contribution is 1.15. The van der Waals surface area contributed by atoms with Crippen LogP contribution in [0.3, 0.4) is 0 Å². The van der Waals surface area contributed by atoms with Crippen LogP contribution in [-0.4, -0.2) is 0 Å². The van der Waals surface area contributed by atoms with Gasteiger partial charge in [-0.2, -0.15) is 0 Å². The van der Waals surface area contributed by atoms with Gasteiger partial charge in [0, 0.05) is 68.3 Å². The molecule has 0 aliphatic heterocycles. The predicted octanol–water partition coefficient (Wildman–Crippen LogP) is 16.6. The molecule has 0 aliphatic carbocycles. The third-order valence-electron chi connectivity index (χ3n) is 10.8. The van der Waals surface area contributed by atoms with Gasteiger partial charge in [0.05, 0.1) is 0 Å². The van der Waals surface area contributed by atoms with Crippen molar-refractivity contribution < 1.29 is 0 Å². The molecule has 300 valence electrons. The van der Waals surface area contributed by atoms with Gasteiger partial charge in [0.15, 0.2) is 0 Å².